The summed E-state index contributed by atoms with van der Waals surface area (Å²) in [6, 6.07) is 0. The van der Waals surface area contributed by atoms with Crippen LogP contribution >= 0.6 is 0 Å². The molecule has 2 rings (SSSR count). The van der Waals surface area contributed by atoms with Crippen LogP contribution in [-0.4, -0.2) is 0 Å². The quantitative estimate of drug-likeness (QED) is 0.542. The lowest BCUT2D eigenvalue weighted by atomic mass is 9.62. The first-order chi connectivity index (χ1) is 7.06. The Balaban J connectivity index is 2.27. The molecule has 0 radical (unpaired) electrons. The normalized spacial score (nSPS) is 35.9. The summed E-state index contributed by atoms with van der Waals surface area (Å²) in [6.07, 6.45) is 10.3. The number of rotatable bonds is 1. The molecule has 0 bridgehead atoms. The monoisotopic (exact) mass is 204 g/mol. The van der Waals surface area contributed by atoms with Crippen LogP contribution in [0.2, 0.25) is 0 Å². The Labute approximate surface area is 94.5 Å². The van der Waals surface area contributed by atoms with E-state index >= 15 is 0 Å². The van der Waals surface area contributed by atoms with E-state index < -0.39 is 0 Å². The average molecular weight is 204 g/mol. The van der Waals surface area contributed by atoms with Crippen LogP contribution in [0.25, 0.3) is 0 Å². The van der Waals surface area contributed by atoms with Crippen molar-refractivity contribution in [1.29, 1.82) is 0 Å². The van der Waals surface area contributed by atoms with Crippen LogP contribution < -0.4 is 0 Å². The number of hydrogen-bond acceptors (Lipinski definition) is 0. The fraction of sp³-hybridized carbons (Fsp3) is 0.733. The van der Waals surface area contributed by atoms with Gasteiger partial charge < -0.3 is 0 Å². The summed E-state index contributed by atoms with van der Waals surface area (Å²) in [6.45, 7) is 9.43. The molecule has 2 unspecified atom stereocenters. The second-order valence-electron chi connectivity index (χ2n) is 5.88. The molecule has 2 atom stereocenters. The first kappa shape index (κ1) is 11.0. The van der Waals surface area contributed by atoms with Gasteiger partial charge in [0.05, 0.1) is 0 Å². The van der Waals surface area contributed by atoms with Crippen molar-refractivity contribution in [3.63, 3.8) is 0 Å². The molecular formula is C15H24. The van der Waals surface area contributed by atoms with E-state index in [-0.39, 0.29) is 0 Å². The van der Waals surface area contributed by atoms with Crippen LogP contribution in [0.1, 0.15) is 53.4 Å². The molecule has 0 saturated carbocycles. The molecule has 0 heterocycles. The SMILES string of the molecule is CC1=CCC2(CC1)C(C)=CCC2C(C)C. The summed E-state index contributed by atoms with van der Waals surface area (Å²) in [5.74, 6) is 1.72. The van der Waals surface area contributed by atoms with Gasteiger partial charge in [0, 0.05) is 0 Å². The van der Waals surface area contributed by atoms with E-state index in [0.717, 1.165) is 11.8 Å². The summed E-state index contributed by atoms with van der Waals surface area (Å²) in [4.78, 5) is 0. The molecule has 0 heteroatoms. The van der Waals surface area contributed by atoms with Gasteiger partial charge in [-0.3, -0.25) is 0 Å². The lowest BCUT2D eigenvalue weighted by Crippen LogP contribution is -2.32. The zero-order valence-electron chi connectivity index (χ0n) is 10.6. The fourth-order valence-corrected chi connectivity index (χ4v) is 3.61. The molecule has 0 fully saturated rings. The van der Waals surface area contributed by atoms with Crippen molar-refractivity contribution in [3.05, 3.63) is 23.3 Å². The van der Waals surface area contributed by atoms with Gasteiger partial charge in [-0.1, -0.05) is 37.1 Å². The van der Waals surface area contributed by atoms with Crippen molar-refractivity contribution in [2.45, 2.75) is 53.4 Å². The lowest BCUT2D eigenvalue weighted by molar-refractivity contribution is 0.158. The predicted molar refractivity (Wildman–Crippen MR) is 66.7 cm³/mol. The van der Waals surface area contributed by atoms with Gasteiger partial charge in [0.15, 0.2) is 0 Å². The van der Waals surface area contributed by atoms with E-state index in [0.29, 0.717) is 5.41 Å². The fourth-order valence-electron chi connectivity index (χ4n) is 3.61. The highest BCUT2D eigenvalue weighted by molar-refractivity contribution is 5.26. The highest BCUT2D eigenvalue weighted by Crippen LogP contribution is 2.54. The molecule has 84 valence electrons. The van der Waals surface area contributed by atoms with Crippen molar-refractivity contribution in [3.8, 4) is 0 Å². The summed E-state index contributed by atoms with van der Waals surface area (Å²) >= 11 is 0. The summed E-state index contributed by atoms with van der Waals surface area (Å²) in [5, 5.41) is 0. The Bertz CT molecular complexity index is 306. The summed E-state index contributed by atoms with van der Waals surface area (Å²) < 4.78 is 0. The van der Waals surface area contributed by atoms with Gasteiger partial charge in [0.1, 0.15) is 0 Å². The average Bonchev–Trinajstić information content (AvgIpc) is 2.50. The molecule has 2 aliphatic rings. The van der Waals surface area contributed by atoms with Crippen LogP contribution in [0.3, 0.4) is 0 Å². The van der Waals surface area contributed by atoms with Gasteiger partial charge in [0.2, 0.25) is 0 Å². The third-order valence-corrected chi connectivity index (χ3v) is 4.76. The molecule has 0 N–H and O–H groups in total. The molecule has 0 saturated heterocycles. The maximum absolute atomic E-state index is 2.50. The number of allylic oxidation sites excluding steroid dienone is 4. The Hall–Kier alpha value is -0.520. The lowest BCUT2D eigenvalue weighted by Gasteiger charge is -2.42. The van der Waals surface area contributed by atoms with Crippen molar-refractivity contribution in [1.82, 2.24) is 0 Å². The highest BCUT2D eigenvalue weighted by Gasteiger charge is 2.44. The Morgan fingerprint density at radius 1 is 1.27 bits per heavy atom. The third kappa shape index (κ3) is 1.68. The molecule has 2 aliphatic carbocycles. The molecular weight excluding hydrogens is 180 g/mol. The van der Waals surface area contributed by atoms with E-state index in [1.165, 1.54) is 25.7 Å². The molecule has 1 spiro atoms. The maximum Gasteiger partial charge on any atom is -0.00197 e. The van der Waals surface area contributed by atoms with E-state index in [4.69, 9.17) is 0 Å². The van der Waals surface area contributed by atoms with Gasteiger partial charge in [-0.05, 0) is 56.8 Å². The second kappa shape index (κ2) is 3.81. The first-order valence-corrected chi connectivity index (χ1v) is 6.39. The largest absolute Gasteiger partial charge is 0.0847 e. The van der Waals surface area contributed by atoms with E-state index in [1.807, 2.05) is 0 Å². The van der Waals surface area contributed by atoms with Crippen molar-refractivity contribution >= 4 is 0 Å². The summed E-state index contributed by atoms with van der Waals surface area (Å²) in [5.41, 5.74) is 3.81. The molecule has 0 amide bonds. The van der Waals surface area contributed by atoms with Crippen LogP contribution in [0.15, 0.2) is 23.3 Å². The molecule has 15 heavy (non-hydrogen) atoms. The number of hydrogen-bond donors (Lipinski definition) is 0. The Morgan fingerprint density at radius 2 is 2.00 bits per heavy atom. The molecule has 0 aromatic carbocycles. The Morgan fingerprint density at radius 3 is 2.53 bits per heavy atom. The molecule has 0 aliphatic heterocycles. The van der Waals surface area contributed by atoms with Crippen molar-refractivity contribution in [2.75, 3.05) is 0 Å². The Kier molecular flexibility index (Phi) is 2.79. The maximum atomic E-state index is 2.50. The van der Waals surface area contributed by atoms with Gasteiger partial charge in [-0.2, -0.15) is 0 Å². The standard InChI is InChI=1S/C15H24/c1-11(2)14-6-5-13(4)15(14)9-7-12(3)8-10-15/h5,7,11,14H,6,8-10H2,1-4H3. The first-order valence-electron chi connectivity index (χ1n) is 6.39. The van der Waals surface area contributed by atoms with Gasteiger partial charge >= 0.3 is 0 Å². The topological polar surface area (TPSA) is 0 Å². The molecule has 0 aromatic rings. The van der Waals surface area contributed by atoms with E-state index in [2.05, 4.69) is 39.8 Å². The highest BCUT2D eigenvalue weighted by atomic mass is 14.5. The smallest absolute Gasteiger partial charge is 0.00197 e. The van der Waals surface area contributed by atoms with E-state index in [9.17, 15) is 0 Å². The van der Waals surface area contributed by atoms with Gasteiger partial charge in [-0.15, -0.1) is 0 Å². The van der Waals surface area contributed by atoms with E-state index in [1.54, 1.807) is 11.1 Å². The molecule has 0 aromatic heterocycles. The van der Waals surface area contributed by atoms with Crippen LogP contribution in [-0.2, 0) is 0 Å². The second-order valence-corrected chi connectivity index (χ2v) is 5.88. The van der Waals surface area contributed by atoms with Gasteiger partial charge in [-0.25, -0.2) is 0 Å². The van der Waals surface area contributed by atoms with Crippen LogP contribution in [0.4, 0.5) is 0 Å². The van der Waals surface area contributed by atoms with Crippen LogP contribution in [0, 0.1) is 17.3 Å². The third-order valence-electron chi connectivity index (χ3n) is 4.76. The van der Waals surface area contributed by atoms with Crippen LogP contribution in [0.5, 0.6) is 0 Å². The minimum absolute atomic E-state index is 0.535. The summed E-state index contributed by atoms with van der Waals surface area (Å²) in [7, 11) is 0. The van der Waals surface area contributed by atoms with Crippen molar-refractivity contribution < 1.29 is 0 Å². The minimum Gasteiger partial charge on any atom is -0.0847 e. The zero-order chi connectivity index (χ0) is 11.1. The minimum atomic E-state index is 0.535. The molecule has 0 nitrogen and oxygen atoms in total. The predicted octanol–water partition coefficient (Wildman–Crippen LogP) is 4.73. The van der Waals surface area contributed by atoms with Gasteiger partial charge in [0.25, 0.3) is 0 Å². The van der Waals surface area contributed by atoms with Crippen molar-refractivity contribution in [2.24, 2.45) is 17.3 Å². The zero-order valence-corrected chi connectivity index (χ0v) is 10.6.